The fourth-order valence-electron chi connectivity index (χ4n) is 1.83. The van der Waals surface area contributed by atoms with Crippen molar-refractivity contribution in [3.8, 4) is 5.75 Å². The summed E-state index contributed by atoms with van der Waals surface area (Å²) in [6.45, 7) is 1.65. The molecule has 0 aliphatic carbocycles. The summed E-state index contributed by atoms with van der Waals surface area (Å²) in [5.41, 5.74) is 2.88. The Hall–Kier alpha value is -2.87. The molecule has 0 saturated heterocycles. The van der Waals surface area contributed by atoms with Crippen LogP contribution in [0.5, 0.6) is 5.75 Å². The summed E-state index contributed by atoms with van der Waals surface area (Å²) in [5.74, 6) is 4.60. The van der Waals surface area contributed by atoms with Gasteiger partial charge in [-0.25, -0.2) is 5.84 Å². The molecule has 1 aromatic heterocycles. The summed E-state index contributed by atoms with van der Waals surface area (Å²) in [6, 6.07) is 6.16. The van der Waals surface area contributed by atoms with Crippen LogP contribution < -0.4 is 16.0 Å². The second-order valence-electron chi connectivity index (χ2n) is 4.22. The van der Waals surface area contributed by atoms with E-state index in [-0.39, 0.29) is 23.8 Å². The summed E-state index contributed by atoms with van der Waals surface area (Å²) in [6.07, 6.45) is 1.32. The van der Waals surface area contributed by atoms with E-state index in [4.69, 9.17) is 15.0 Å². The number of furan rings is 1. The first-order valence-electron chi connectivity index (χ1n) is 5.98. The molecule has 0 spiro atoms. The lowest BCUT2D eigenvalue weighted by molar-refractivity contribution is -0.386. The summed E-state index contributed by atoms with van der Waals surface area (Å²) in [4.78, 5) is 21.9. The number of carbonyl (C=O) groups is 1. The van der Waals surface area contributed by atoms with E-state index < -0.39 is 10.8 Å². The highest BCUT2D eigenvalue weighted by Gasteiger charge is 2.19. The lowest BCUT2D eigenvalue weighted by Gasteiger charge is -2.09. The number of hydrogen-bond donors (Lipinski definition) is 2. The molecule has 0 radical (unpaired) electrons. The van der Waals surface area contributed by atoms with Gasteiger partial charge in [-0.2, -0.15) is 0 Å². The standard InChI is InChI=1S/C13H13N3O5/c1-8-3-2-4-10(16(18)19)11(8)21-7-9-5-6-20-12(9)13(17)15-14/h2-6H,7,14H2,1H3,(H,15,17). The largest absolute Gasteiger partial charge is 0.482 e. The molecule has 0 aliphatic rings. The zero-order valence-electron chi connectivity index (χ0n) is 11.2. The van der Waals surface area contributed by atoms with Crippen LogP contribution in [0.2, 0.25) is 0 Å². The molecule has 0 fully saturated rings. The molecule has 0 atom stereocenters. The van der Waals surface area contributed by atoms with Gasteiger partial charge in [0.05, 0.1) is 11.2 Å². The Morgan fingerprint density at radius 2 is 2.24 bits per heavy atom. The topological polar surface area (TPSA) is 121 Å². The molecule has 110 valence electrons. The fraction of sp³-hybridized carbons (Fsp3) is 0.154. The van der Waals surface area contributed by atoms with Crippen molar-refractivity contribution in [3.05, 3.63) is 57.5 Å². The van der Waals surface area contributed by atoms with Gasteiger partial charge in [-0.05, 0) is 18.6 Å². The summed E-state index contributed by atoms with van der Waals surface area (Å²) < 4.78 is 10.5. The molecule has 0 unspecified atom stereocenters. The van der Waals surface area contributed by atoms with Gasteiger partial charge in [0.1, 0.15) is 6.61 Å². The minimum atomic E-state index is -0.599. The lowest BCUT2D eigenvalue weighted by Crippen LogP contribution is -2.30. The van der Waals surface area contributed by atoms with Crippen molar-refractivity contribution in [2.24, 2.45) is 5.84 Å². The van der Waals surface area contributed by atoms with Crippen LogP contribution in [0.4, 0.5) is 5.69 Å². The van der Waals surface area contributed by atoms with E-state index in [0.717, 1.165) is 0 Å². The lowest BCUT2D eigenvalue weighted by atomic mass is 10.2. The van der Waals surface area contributed by atoms with E-state index in [0.29, 0.717) is 11.1 Å². The maximum Gasteiger partial charge on any atom is 0.311 e. The number of nitrogens with one attached hydrogen (secondary N) is 1. The molecule has 3 N–H and O–H groups in total. The zero-order valence-corrected chi connectivity index (χ0v) is 11.2. The Kier molecular flexibility index (Phi) is 4.19. The molecule has 2 rings (SSSR count). The number of nitro benzene ring substituents is 1. The van der Waals surface area contributed by atoms with E-state index in [2.05, 4.69) is 0 Å². The van der Waals surface area contributed by atoms with Gasteiger partial charge in [-0.3, -0.25) is 20.3 Å². The Labute approximate surface area is 119 Å². The van der Waals surface area contributed by atoms with E-state index >= 15 is 0 Å². The molecule has 0 aliphatic heterocycles. The van der Waals surface area contributed by atoms with Gasteiger partial charge in [-0.15, -0.1) is 0 Å². The fourth-order valence-corrected chi connectivity index (χ4v) is 1.83. The second-order valence-corrected chi connectivity index (χ2v) is 4.22. The first kappa shape index (κ1) is 14.5. The second kappa shape index (κ2) is 6.06. The van der Waals surface area contributed by atoms with Crippen molar-refractivity contribution < 1.29 is 18.9 Å². The number of hydrogen-bond acceptors (Lipinski definition) is 6. The molecule has 2 aromatic rings. The van der Waals surface area contributed by atoms with Gasteiger partial charge >= 0.3 is 11.6 Å². The highest BCUT2D eigenvalue weighted by molar-refractivity contribution is 5.92. The summed E-state index contributed by atoms with van der Waals surface area (Å²) in [5, 5.41) is 11.0. The Morgan fingerprint density at radius 1 is 1.48 bits per heavy atom. The van der Waals surface area contributed by atoms with E-state index in [9.17, 15) is 14.9 Å². The first-order chi connectivity index (χ1) is 10.0. The van der Waals surface area contributed by atoms with E-state index in [1.165, 1.54) is 18.4 Å². The first-order valence-corrected chi connectivity index (χ1v) is 5.98. The number of rotatable bonds is 5. The Bertz CT molecular complexity index is 680. The number of nitrogens with two attached hydrogens (primary N) is 1. The van der Waals surface area contributed by atoms with Crippen molar-refractivity contribution in [1.29, 1.82) is 0 Å². The number of benzene rings is 1. The molecular weight excluding hydrogens is 278 g/mol. The minimum Gasteiger partial charge on any atom is -0.482 e. The third kappa shape index (κ3) is 3.00. The van der Waals surface area contributed by atoms with Crippen molar-refractivity contribution >= 4 is 11.6 Å². The van der Waals surface area contributed by atoms with Gasteiger partial charge in [0.25, 0.3) is 0 Å². The number of aryl methyl sites for hydroxylation is 1. The number of carbonyl (C=O) groups excluding carboxylic acids is 1. The van der Waals surface area contributed by atoms with Crippen LogP contribution in [0.25, 0.3) is 0 Å². The third-order valence-electron chi connectivity index (χ3n) is 2.84. The third-order valence-corrected chi connectivity index (χ3v) is 2.84. The SMILES string of the molecule is Cc1cccc([N+](=O)[O-])c1OCc1ccoc1C(=O)NN. The molecule has 1 amide bonds. The van der Waals surface area contributed by atoms with Crippen LogP contribution in [-0.4, -0.2) is 10.8 Å². The van der Waals surface area contributed by atoms with E-state index in [1.807, 2.05) is 5.43 Å². The Morgan fingerprint density at radius 3 is 2.90 bits per heavy atom. The van der Waals surface area contributed by atoms with Gasteiger partial charge in [0.2, 0.25) is 0 Å². The normalized spacial score (nSPS) is 10.2. The van der Waals surface area contributed by atoms with Gasteiger partial charge < -0.3 is 9.15 Å². The predicted molar refractivity (Wildman–Crippen MR) is 72.5 cm³/mol. The molecule has 1 heterocycles. The maximum atomic E-state index is 11.5. The van der Waals surface area contributed by atoms with Crippen LogP contribution in [0, 0.1) is 17.0 Å². The van der Waals surface area contributed by atoms with Gasteiger partial charge in [0, 0.05) is 11.6 Å². The molecule has 0 saturated carbocycles. The number of hydrazine groups is 1. The van der Waals surface area contributed by atoms with Gasteiger partial charge in [-0.1, -0.05) is 12.1 Å². The average Bonchev–Trinajstić information content (AvgIpc) is 2.93. The van der Waals surface area contributed by atoms with Crippen LogP contribution >= 0.6 is 0 Å². The van der Waals surface area contributed by atoms with Crippen LogP contribution in [0.15, 0.2) is 34.9 Å². The Balaban J connectivity index is 2.23. The highest BCUT2D eigenvalue weighted by atomic mass is 16.6. The van der Waals surface area contributed by atoms with E-state index in [1.54, 1.807) is 19.1 Å². The number of nitrogens with zero attached hydrogens (tertiary/aromatic N) is 1. The number of nitro groups is 1. The van der Waals surface area contributed by atoms with Crippen LogP contribution in [0.1, 0.15) is 21.7 Å². The molecule has 8 nitrogen and oxygen atoms in total. The van der Waals surface area contributed by atoms with Crippen molar-refractivity contribution in [2.45, 2.75) is 13.5 Å². The maximum absolute atomic E-state index is 11.5. The van der Waals surface area contributed by atoms with Crippen LogP contribution in [-0.2, 0) is 6.61 Å². The highest BCUT2D eigenvalue weighted by Crippen LogP contribution is 2.31. The van der Waals surface area contributed by atoms with Crippen molar-refractivity contribution in [3.63, 3.8) is 0 Å². The number of amides is 1. The summed E-state index contributed by atoms with van der Waals surface area (Å²) >= 11 is 0. The zero-order chi connectivity index (χ0) is 15.4. The molecule has 21 heavy (non-hydrogen) atoms. The molecule has 1 aromatic carbocycles. The molecular formula is C13H13N3O5. The monoisotopic (exact) mass is 291 g/mol. The van der Waals surface area contributed by atoms with Crippen molar-refractivity contribution in [2.75, 3.05) is 0 Å². The quantitative estimate of drug-likeness (QED) is 0.374. The van der Waals surface area contributed by atoms with Gasteiger partial charge in [0.15, 0.2) is 11.5 Å². The van der Waals surface area contributed by atoms with Crippen molar-refractivity contribution in [1.82, 2.24) is 5.43 Å². The summed E-state index contributed by atoms with van der Waals surface area (Å²) in [7, 11) is 0. The molecule has 0 bridgehead atoms. The number of ether oxygens (including phenoxy) is 1. The smallest absolute Gasteiger partial charge is 0.311 e. The molecule has 8 heteroatoms. The van der Waals surface area contributed by atoms with Crippen LogP contribution in [0.3, 0.4) is 0 Å². The predicted octanol–water partition coefficient (Wildman–Crippen LogP) is 1.68. The number of para-hydroxylation sites is 1. The average molecular weight is 291 g/mol. The minimum absolute atomic E-state index is 0.00809. The number of nitrogen functional groups attached to an aromatic ring is 1.